The van der Waals surface area contributed by atoms with Crippen molar-refractivity contribution in [2.24, 2.45) is 0 Å². The Morgan fingerprint density at radius 2 is 1.52 bits per heavy atom. The molecule has 1 aliphatic heterocycles. The van der Waals surface area contributed by atoms with Gasteiger partial charge in [0, 0.05) is 12.8 Å². The van der Waals surface area contributed by atoms with Gasteiger partial charge < -0.3 is 4.18 Å². The van der Waals surface area contributed by atoms with E-state index in [2.05, 4.69) is 0 Å². The van der Waals surface area contributed by atoms with Crippen LogP contribution in [0.3, 0.4) is 0 Å². The van der Waals surface area contributed by atoms with Crippen molar-refractivity contribution in [3.05, 3.63) is 54.1 Å². The van der Waals surface area contributed by atoms with Gasteiger partial charge in [-0.25, -0.2) is 0 Å². The summed E-state index contributed by atoms with van der Waals surface area (Å²) in [6.07, 6.45) is -4.48. The lowest BCUT2D eigenvalue weighted by molar-refractivity contribution is -0.137. The topological polar surface area (TPSA) is 80.8 Å². The third kappa shape index (κ3) is 3.95. The van der Waals surface area contributed by atoms with Crippen molar-refractivity contribution >= 4 is 27.6 Å². The molecule has 0 unspecified atom stereocenters. The van der Waals surface area contributed by atoms with Crippen molar-refractivity contribution in [1.82, 2.24) is 0 Å². The largest absolute Gasteiger partial charge is 0.416 e. The third-order valence-electron chi connectivity index (χ3n) is 3.80. The summed E-state index contributed by atoms with van der Waals surface area (Å²) >= 11 is 0. The van der Waals surface area contributed by atoms with Gasteiger partial charge in [-0.15, -0.1) is 0 Å². The van der Waals surface area contributed by atoms with E-state index in [0.29, 0.717) is 6.07 Å². The Hall–Kier alpha value is -2.88. The molecule has 0 spiro atoms. The maximum absolute atomic E-state index is 12.7. The maximum Gasteiger partial charge on any atom is 0.416 e. The number of halogens is 3. The molecule has 0 bridgehead atoms. The Kier molecular flexibility index (Phi) is 4.68. The minimum atomic E-state index is -4.64. The number of carbonyl (C=O) groups excluding carboxylic acids is 2. The normalized spacial score (nSPS) is 15.3. The van der Waals surface area contributed by atoms with Crippen LogP contribution in [0.2, 0.25) is 0 Å². The smallest absolute Gasteiger partial charge is 0.379 e. The summed E-state index contributed by atoms with van der Waals surface area (Å²) in [7, 11) is -4.40. The number of anilines is 1. The highest BCUT2D eigenvalue weighted by molar-refractivity contribution is 7.87. The minimum absolute atomic E-state index is 0.0809. The number of carbonyl (C=O) groups is 2. The zero-order valence-electron chi connectivity index (χ0n) is 13.6. The molecule has 0 N–H and O–H groups in total. The first-order valence-electron chi connectivity index (χ1n) is 7.65. The van der Waals surface area contributed by atoms with Crippen molar-refractivity contribution in [2.75, 3.05) is 4.90 Å². The summed E-state index contributed by atoms with van der Waals surface area (Å²) in [4.78, 5) is 24.0. The van der Waals surface area contributed by atoms with Crippen LogP contribution in [0.15, 0.2) is 53.4 Å². The predicted molar refractivity (Wildman–Crippen MR) is 87.4 cm³/mol. The highest BCUT2D eigenvalue weighted by Crippen LogP contribution is 2.32. The molecule has 0 atom stereocenters. The Morgan fingerprint density at radius 1 is 0.926 bits per heavy atom. The molecule has 0 radical (unpaired) electrons. The molecule has 0 saturated carbocycles. The van der Waals surface area contributed by atoms with E-state index in [4.69, 9.17) is 4.18 Å². The van der Waals surface area contributed by atoms with E-state index in [1.54, 1.807) is 0 Å². The molecule has 1 saturated heterocycles. The van der Waals surface area contributed by atoms with Gasteiger partial charge in [0.25, 0.3) is 0 Å². The SMILES string of the molecule is O=C1CCC(=O)N1c1ccc(S(=O)(=O)Oc2cccc(C(F)(F)F)c2)cc1. The summed E-state index contributed by atoms with van der Waals surface area (Å²) < 4.78 is 67.4. The first-order valence-corrected chi connectivity index (χ1v) is 9.06. The number of hydrogen-bond acceptors (Lipinski definition) is 5. The first kappa shape index (κ1) is 18.9. The van der Waals surface area contributed by atoms with Gasteiger partial charge in [0.15, 0.2) is 0 Å². The molecule has 2 aromatic carbocycles. The van der Waals surface area contributed by atoms with E-state index < -0.39 is 39.4 Å². The highest BCUT2D eigenvalue weighted by Gasteiger charge is 2.32. The molecule has 0 aliphatic carbocycles. The van der Waals surface area contributed by atoms with Gasteiger partial charge in [-0.1, -0.05) is 6.07 Å². The van der Waals surface area contributed by atoms with Gasteiger partial charge in [0.05, 0.1) is 11.3 Å². The number of imide groups is 1. The van der Waals surface area contributed by atoms with Crippen molar-refractivity contribution in [1.29, 1.82) is 0 Å². The number of alkyl halides is 3. The Labute approximate surface area is 152 Å². The van der Waals surface area contributed by atoms with E-state index in [-0.39, 0.29) is 23.4 Å². The Bertz CT molecular complexity index is 984. The molecule has 142 valence electrons. The molecule has 1 aliphatic rings. The summed E-state index contributed by atoms with van der Waals surface area (Å²) in [5.74, 6) is -1.27. The highest BCUT2D eigenvalue weighted by atomic mass is 32.2. The van der Waals surface area contributed by atoms with Crippen LogP contribution in [-0.4, -0.2) is 20.2 Å². The second kappa shape index (κ2) is 6.69. The number of nitrogens with zero attached hydrogens (tertiary/aromatic N) is 1. The Balaban J connectivity index is 1.83. The van der Waals surface area contributed by atoms with Crippen molar-refractivity contribution in [2.45, 2.75) is 23.9 Å². The van der Waals surface area contributed by atoms with E-state index in [1.165, 1.54) is 12.1 Å². The summed E-state index contributed by atoms with van der Waals surface area (Å²) in [5, 5.41) is 0. The second-order valence-corrected chi connectivity index (χ2v) is 7.23. The lowest BCUT2D eigenvalue weighted by Crippen LogP contribution is -2.28. The fourth-order valence-electron chi connectivity index (χ4n) is 2.53. The zero-order valence-corrected chi connectivity index (χ0v) is 14.4. The van der Waals surface area contributed by atoms with Crippen LogP contribution in [0.4, 0.5) is 18.9 Å². The number of rotatable bonds is 4. The third-order valence-corrected chi connectivity index (χ3v) is 5.06. The van der Waals surface area contributed by atoms with Crippen molar-refractivity contribution < 1.29 is 35.4 Å². The molecular formula is C17H12F3NO5S. The average molecular weight is 399 g/mol. The van der Waals surface area contributed by atoms with Gasteiger partial charge in [-0.2, -0.15) is 21.6 Å². The molecule has 1 fully saturated rings. The average Bonchev–Trinajstić information content (AvgIpc) is 2.93. The van der Waals surface area contributed by atoms with Gasteiger partial charge in [0.1, 0.15) is 10.6 Å². The molecule has 2 aromatic rings. The summed E-state index contributed by atoms with van der Waals surface area (Å²) in [5.41, 5.74) is -0.836. The maximum atomic E-state index is 12.7. The van der Waals surface area contributed by atoms with Crippen LogP contribution >= 0.6 is 0 Å². The molecule has 1 heterocycles. The van der Waals surface area contributed by atoms with Crippen LogP contribution < -0.4 is 9.08 Å². The number of hydrogen-bond donors (Lipinski definition) is 0. The van der Waals surface area contributed by atoms with Gasteiger partial charge in [-0.3, -0.25) is 14.5 Å². The van der Waals surface area contributed by atoms with Crippen LogP contribution in [0.1, 0.15) is 18.4 Å². The summed E-state index contributed by atoms with van der Waals surface area (Å²) in [6, 6.07) is 8.21. The van der Waals surface area contributed by atoms with Crippen molar-refractivity contribution in [3.8, 4) is 5.75 Å². The molecule has 0 aromatic heterocycles. The molecule has 2 amide bonds. The monoisotopic (exact) mass is 399 g/mol. The molecule has 3 rings (SSSR count). The lowest BCUT2D eigenvalue weighted by Gasteiger charge is -2.14. The first-order chi connectivity index (χ1) is 12.6. The van der Waals surface area contributed by atoms with Crippen LogP contribution in [0.5, 0.6) is 5.75 Å². The van der Waals surface area contributed by atoms with Gasteiger partial charge >= 0.3 is 16.3 Å². The standard InChI is InChI=1S/C17H12F3NO5S/c18-17(19,20)11-2-1-3-13(10-11)26-27(24,25)14-6-4-12(5-7-14)21-15(22)8-9-16(21)23/h1-7,10H,8-9H2. The van der Waals surface area contributed by atoms with E-state index in [0.717, 1.165) is 35.2 Å². The fourth-order valence-corrected chi connectivity index (χ4v) is 3.45. The second-order valence-electron chi connectivity index (χ2n) is 5.68. The van der Waals surface area contributed by atoms with E-state index in [1.807, 2.05) is 0 Å². The molecule has 27 heavy (non-hydrogen) atoms. The quantitative estimate of drug-likeness (QED) is 0.583. The molecule has 6 nitrogen and oxygen atoms in total. The van der Waals surface area contributed by atoms with Crippen LogP contribution in [0, 0.1) is 0 Å². The fraction of sp³-hybridized carbons (Fsp3) is 0.176. The Morgan fingerprint density at radius 3 is 2.07 bits per heavy atom. The number of amides is 2. The molecular weight excluding hydrogens is 387 g/mol. The predicted octanol–water partition coefficient (Wildman–Crippen LogP) is 3.13. The zero-order chi connectivity index (χ0) is 19.8. The molecule has 10 heteroatoms. The van der Waals surface area contributed by atoms with Crippen LogP contribution in [-0.2, 0) is 25.9 Å². The summed E-state index contributed by atoms with van der Waals surface area (Å²) in [6.45, 7) is 0. The van der Waals surface area contributed by atoms with Crippen molar-refractivity contribution in [3.63, 3.8) is 0 Å². The van der Waals surface area contributed by atoms with E-state index >= 15 is 0 Å². The lowest BCUT2D eigenvalue weighted by atomic mass is 10.2. The minimum Gasteiger partial charge on any atom is -0.379 e. The number of benzene rings is 2. The van der Waals surface area contributed by atoms with Gasteiger partial charge in [-0.05, 0) is 42.5 Å². The van der Waals surface area contributed by atoms with Gasteiger partial charge in [0.2, 0.25) is 11.8 Å². The van der Waals surface area contributed by atoms with Crippen LogP contribution in [0.25, 0.3) is 0 Å². The van der Waals surface area contributed by atoms with E-state index in [9.17, 15) is 31.2 Å².